The zero-order valence-electron chi connectivity index (χ0n) is 20.2. The van der Waals surface area contributed by atoms with Gasteiger partial charge in [-0.05, 0) is 31.5 Å². The summed E-state index contributed by atoms with van der Waals surface area (Å²) in [6.07, 6.45) is 0. The molecule has 1 amide bonds. The van der Waals surface area contributed by atoms with Crippen molar-refractivity contribution in [1.82, 2.24) is 14.8 Å². The van der Waals surface area contributed by atoms with Gasteiger partial charge in [0.1, 0.15) is 22.9 Å². The van der Waals surface area contributed by atoms with Crippen molar-refractivity contribution in [2.75, 3.05) is 18.2 Å². The minimum atomic E-state index is -0.497. The molecule has 4 aromatic rings. The Morgan fingerprint density at radius 3 is 2.53 bits per heavy atom. The maximum atomic E-state index is 12.8. The maximum Gasteiger partial charge on any atom is 0.341 e. The molecule has 0 radical (unpaired) electrons. The quantitative estimate of drug-likeness (QED) is 0.219. The summed E-state index contributed by atoms with van der Waals surface area (Å²) >= 11 is 2.57. The number of thioether (sulfide) groups is 1. The molecule has 0 aliphatic carbocycles. The molecule has 2 aromatic heterocycles. The van der Waals surface area contributed by atoms with Crippen molar-refractivity contribution in [3.8, 4) is 16.9 Å². The van der Waals surface area contributed by atoms with Gasteiger partial charge in [0.15, 0.2) is 11.0 Å². The highest BCUT2D eigenvalue weighted by Crippen LogP contribution is 2.36. The monoisotopic (exact) mass is 522 g/mol. The van der Waals surface area contributed by atoms with E-state index in [0.29, 0.717) is 28.1 Å². The van der Waals surface area contributed by atoms with Crippen LogP contribution in [0.5, 0.6) is 5.75 Å². The molecule has 0 bridgehead atoms. The van der Waals surface area contributed by atoms with E-state index in [-0.39, 0.29) is 18.3 Å². The Balaban J connectivity index is 1.43. The highest BCUT2D eigenvalue weighted by Gasteiger charge is 2.23. The lowest BCUT2D eigenvalue weighted by atomic mass is 10.0. The summed E-state index contributed by atoms with van der Waals surface area (Å²) in [5.41, 5.74) is 3.08. The minimum absolute atomic E-state index is 0.107. The Kier molecular flexibility index (Phi) is 8.40. The van der Waals surface area contributed by atoms with Crippen LogP contribution in [0.4, 0.5) is 5.00 Å². The van der Waals surface area contributed by atoms with E-state index in [0.717, 1.165) is 22.4 Å². The Hall–Kier alpha value is -3.63. The average molecular weight is 523 g/mol. The number of amides is 1. The van der Waals surface area contributed by atoms with Gasteiger partial charge in [0, 0.05) is 17.5 Å². The number of benzene rings is 2. The molecule has 0 spiro atoms. The van der Waals surface area contributed by atoms with Crippen LogP contribution in [0.1, 0.15) is 28.7 Å². The summed E-state index contributed by atoms with van der Waals surface area (Å²) in [5, 5.41) is 14.3. The summed E-state index contributed by atoms with van der Waals surface area (Å²) < 4.78 is 12.7. The van der Waals surface area contributed by atoms with Crippen molar-refractivity contribution in [1.29, 1.82) is 0 Å². The van der Waals surface area contributed by atoms with Crippen molar-refractivity contribution < 1.29 is 19.1 Å². The van der Waals surface area contributed by atoms with E-state index in [1.165, 1.54) is 30.2 Å². The number of aromatic nitrogens is 3. The molecule has 0 unspecified atom stereocenters. The number of para-hydroxylation sites is 1. The molecular weight excluding hydrogens is 496 g/mol. The van der Waals surface area contributed by atoms with Crippen LogP contribution < -0.4 is 10.1 Å². The van der Waals surface area contributed by atoms with Gasteiger partial charge in [-0.3, -0.25) is 4.79 Å². The third-order valence-corrected chi connectivity index (χ3v) is 7.21. The number of anilines is 1. The number of carbonyl (C=O) groups is 2. The summed E-state index contributed by atoms with van der Waals surface area (Å²) in [4.78, 5) is 25.4. The molecule has 0 aliphatic heterocycles. The second-order valence-corrected chi connectivity index (χ2v) is 9.61. The standard InChI is InChI=1S/C26H26N4O4S2/c1-4-30-21(14-34-19-8-6-5-7-9-19)28-29-26(30)36-16-22(31)27-24-23(25(32)33-3)20(15-35-24)18-12-10-17(2)11-13-18/h5-13,15H,4,14,16H2,1-3H3,(H,27,31). The second kappa shape index (κ2) is 11.9. The summed E-state index contributed by atoms with van der Waals surface area (Å²) in [6.45, 7) is 4.90. The van der Waals surface area contributed by atoms with Crippen LogP contribution in [0.15, 0.2) is 65.1 Å². The van der Waals surface area contributed by atoms with E-state index < -0.39 is 5.97 Å². The van der Waals surface area contributed by atoms with Gasteiger partial charge in [-0.25, -0.2) is 4.79 Å². The van der Waals surface area contributed by atoms with Gasteiger partial charge >= 0.3 is 5.97 Å². The fraction of sp³-hybridized carbons (Fsp3) is 0.231. The van der Waals surface area contributed by atoms with Gasteiger partial charge in [-0.1, -0.05) is 59.8 Å². The van der Waals surface area contributed by atoms with Crippen LogP contribution in [-0.2, 0) is 22.7 Å². The highest BCUT2D eigenvalue weighted by atomic mass is 32.2. The maximum absolute atomic E-state index is 12.8. The third-order valence-electron chi connectivity index (χ3n) is 5.35. The van der Waals surface area contributed by atoms with Crippen LogP contribution in [0, 0.1) is 6.92 Å². The van der Waals surface area contributed by atoms with Crippen molar-refractivity contribution in [2.24, 2.45) is 0 Å². The van der Waals surface area contributed by atoms with Crippen LogP contribution in [-0.4, -0.2) is 39.5 Å². The van der Waals surface area contributed by atoms with E-state index in [9.17, 15) is 9.59 Å². The first-order valence-electron chi connectivity index (χ1n) is 11.3. The Bertz CT molecular complexity index is 1330. The Labute approximate surface area is 217 Å². The van der Waals surface area contributed by atoms with Gasteiger partial charge < -0.3 is 19.4 Å². The number of esters is 1. The van der Waals surface area contributed by atoms with E-state index in [1.807, 2.05) is 78.4 Å². The number of hydrogen-bond donors (Lipinski definition) is 1. The first-order valence-corrected chi connectivity index (χ1v) is 13.2. The third kappa shape index (κ3) is 5.95. The molecule has 0 atom stereocenters. The molecule has 0 fully saturated rings. The van der Waals surface area contributed by atoms with Gasteiger partial charge in [0.25, 0.3) is 0 Å². The number of rotatable bonds is 10. The molecule has 4 rings (SSSR count). The zero-order chi connectivity index (χ0) is 25.5. The van der Waals surface area contributed by atoms with Crippen LogP contribution in [0.2, 0.25) is 0 Å². The predicted molar refractivity (Wildman–Crippen MR) is 142 cm³/mol. The summed E-state index contributed by atoms with van der Waals surface area (Å²) in [7, 11) is 1.33. The van der Waals surface area contributed by atoms with Crippen LogP contribution >= 0.6 is 23.1 Å². The van der Waals surface area contributed by atoms with E-state index in [1.54, 1.807) is 0 Å². The largest absolute Gasteiger partial charge is 0.486 e. The van der Waals surface area contributed by atoms with Gasteiger partial charge in [-0.2, -0.15) is 0 Å². The Morgan fingerprint density at radius 2 is 1.83 bits per heavy atom. The number of hydrogen-bond acceptors (Lipinski definition) is 8. The lowest BCUT2D eigenvalue weighted by molar-refractivity contribution is -0.113. The average Bonchev–Trinajstić information content (AvgIpc) is 3.50. The Morgan fingerprint density at radius 1 is 1.08 bits per heavy atom. The number of aryl methyl sites for hydroxylation is 1. The smallest absolute Gasteiger partial charge is 0.341 e. The van der Waals surface area contributed by atoms with Gasteiger partial charge in [0.2, 0.25) is 5.91 Å². The normalized spacial score (nSPS) is 10.8. The fourth-order valence-corrected chi connectivity index (χ4v) is 5.30. The molecule has 10 heteroatoms. The number of methoxy groups -OCH3 is 1. The van der Waals surface area contributed by atoms with E-state index in [4.69, 9.17) is 9.47 Å². The van der Waals surface area contributed by atoms with Crippen molar-refractivity contribution in [3.63, 3.8) is 0 Å². The number of ether oxygens (including phenoxy) is 2. The van der Waals surface area contributed by atoms with E-state index >= 15 is 0 Å². The molecule has 2 aromatic carbocycles. The van der Waals surface area contributed by atoms with Crippen molar-refractivity contribution >= 4 is 40.0 Å². The first-order chi connectivity index (χ1) is 17.5. The van der Waals surface area contributed by atoms with Crippen LogP contribution in [0.25, 0.3) is 11.1 Å². The molecule has 2 heterocycles. The molecule has 1 N–H and O–H groups in total. The van der Waals surface area contributed by atoms with Crippen molar-refractivity contribution in [2.45, 2.75) is 32.2 Å². The molecule has 0 aliphatic rings. The molecule has 0 saturated carbocycles. The number of nitrogens with one attached hydrogen (secondary N) is 1. The molecular formula is C26H26N4O4S2. The SMILES string of the molecule is CCn1c(COc2ccccc2)nnc1SCC(=O)Nc1scc(-c2ccc(C)cc2)c1C(=O)OC. The molecule has 0 saturated heterocycles. The van der Waals surface area contributed by atoms with Gasteiger partial charge in [-0.15, -0.1) is 21.5 Å². The summed E-state index contributed by atoms with van der Waals surface area (Å²) in [6, 6.07) is 17.3. The fourth-order valence-electron chi connectivity index (χ4n) is 3.51. The van der Waals surface area contributed by atoms with E-state index in [2.05, 4.69) is 15.5 Å². The van der Waals surface area contributed by atoms with Crippen molar-refractivity contribution in [3.05, 3.63) is 76.9 Å². The lowest BCUT2D eigenvalue weighted by Gasteiger charge is -2.09. The minimum Gasteiger partial charge on any atom is -0.486 e. The predicted octanol–water partition coefficient (Wildman–Crippen LogP) is 5.43. The number of nitrogens with zero attached hydrogens (tertiary/aromatic N) is 3. The molecule has 36 heavy (non-hydrogen) atoms. The summed E-state index contributed by atoms with van der Waals surface area (Å²) in [5.74, 6) is 0.784. The molecule has 8 nitrogen and oxygen atoms in total. The second-order valence-electron chi connectivity index (χ2n) is 7.79. The lowest BCUT2D eigenvalue weighted by Crippen LogP contribution is -2.16. The zero-order valence-corrected chi connectivity index (χ0v) is 21.8. The van der Waals surface area contributed by atoms with Gasteiger partial charge in [0.05, 0.1) is 12.9 Å². The topological polar surface area (TPSA) is 95.3 Å². The number of carbonyl (C=O) groups excluding carboxylic acids is 2. The van der Waals surface area contributed by atoms with Crippen LogP contribution in [0.3, 0.4) is 0 Å². The highest BCUT2D eigenvalue weighted by molar-refractivity contribution is 7.99. The molecule has 186 valence electrons. The first kappa shape index (κ1) is 25.5. The number of thiophene rings is 1.